The Morgan fingerprint density at radius 1 is 0.449 bits per heavy atom. The first kappa shape index (κ1) is 57.3. The van der Waals surface area contributed by atoms with E-state index in [9.17, 15) is 89.2 Å². The molecule has 0 bridgehead atoms. The summed E-state index contributed by atoms with van der Waals surface area (Å²) in [7, 11) is -5.10. The van der Waals surface area contributed by atoms with Crippen LogP contribution in [0.5, 0.6) is 0 Å². The van der Waals surface area contributed by atoms with Gasteiger partial charge in [0.1, 0.15) is 122 Å². The lowest BCUT2D eigenvalue weighted by molar-refractivity contribution is -0.362. The van der Waals surface area contributed by atoms with E-state index in [0.717, 1.165) is 20.8 Å². The smallest absolute Gasteiger partial charge is 0.394 e. The third-order valence-corrected chi connectivity index (χ3v) is 12.1. The van der Waals surface area contributed by atoms with E-state index < -0.39 is 214 Å². The molecule has 5 rings (SSSR count). The molecule has 69 heavy (non-hydrogen) atoms. The third kappa shape index (κ3) is 13.7. The predicted octanol–water partition coefficient (Wildman–Crippen LogP) is -11.7. The number of nitrogens with one attached hydrogen (secondary N) is 3. The van der Waals surface area contributed by atoms with Crippen molar-refractivity contribution in [2.45, 2.75) is 174 Å². The first-order valence-corrected chi connectivity index (χ1v) is 22.6. The first-order chi connectivity index (χ1) is 32.3. The van der Waals surface area contributed by atoms with Gasteiger partial charge in [-0.15, -0.1) is 0 Å². The van der Waals surface area contributed by atoms with E-state index >= 15 is 0 Å². The summed E-state index contributed by atoms with van der Waals surface area (Å²) in [6.45, 7) is -1.69. The quantitative estimate of drug-likeness (QED) is 0.0567. The Morgan fingerprint density at radius 2 is 0.841 bits per heavy atom. The molecule has 0 aromatic heterocycles. The van der Waals surface area contributed by atoms with Crippen LogP contribution in [0.25, 0.3) is 0 Å². The zero-order valence-corrected chi connectivity index (χ0v) is 37.6. The fraction of sp³-hybridized carbons (Fsp3) is 0.917. The van der Waals surface area contributed by atoms with Crippen LogP contribution < -0.4 is 16.0 Å². The van der Waals surface area contributed by atoms with Crippen molar-refractivity contribution in [2.75, 3.05) is 33.0 Å². The number of hydrogen-bond donors (Lipinski definition) is 17. The fourth-order valence-corrected chi connectivity index (χ4v) is 8.59. The van der Waals surface area contributed by atoms with E-state index in [0.29, 0.717) is 0 Å². The molecule has 25 atom stereocenters. The lowest BCUT2D eigenvalue weighted by atomic mass is 9.93. The maximum atomic E-state index is 12.5. The van der Waals surface area contributed by atoms with E-state index in [4.69, 9.17) is 47.2 Å². The summed E-state index contributed by atoms with van der Waals surface area (Å²) in [5.41, 5.74) is 0. The molecule has 0 spiro atoms. The number of hydrogen-bond acceptors (Lipinski definition) is 28. The Hall–Kier alpha value is -2.60. The van der Waals surface area contributed by atoms with Gasteiger partial charge in [-0.05, 0) is 0 Å². The van der Waals surface area contributed by atoms with Gasteiger partial charge in [0.15, 0.2) is 31.5 Å². The van der Waals surface area contributed by atoms with Crippen LogP contribution in [0.15, 0.2) is 0 Å². The lowest BCUT2D eigenvalue weighted by Crippen LogP contribution is -2.70. The second-order valence-corrected chi connectivity index (χ2v) is 17.8. The monoisotopic (exact) mass is 1030 g/mol. The van der Waals surface area contributed by atoms with Crippen LogP contribution in [-0.4, -0.2) is 283 Å². The Labute approximate surface area is 391 Å². The van der Waals surface area contributed by atoms with E-state index in [1.165, 1.54) is 0 Å². The van der Waals surface area contributed by atoms with Crippen LogP contribution in [0.1, 0.15) is 20.8 Å². The van der Waals surface area contributed by atoms with Crippen molar-refractivity contribution in [2.24, 2.45) is 0 Å². The maximum absolute atomic E-state index is 12.5. The number of amides is 3. The molecule has 3 amide bonds. The third-order valence-electron chi connectivity index (χ3n) is 11.7. The molecule has 0 aromatic rings. The van der Waals surface area contributed by atoms with Crippen LogP contribution in [0.3, 0.4) is 0 Å². The number of carbonyl (C=O) groups is 3. The molecular formula is C36H61N3O29S. The minimum absolute atomic E-state index is 0.771. The highest BCUT2D eigenvalue weighted by molar-refractivity contribution is 7.80. The fourth-order valence-electron chi connectivity index (χ4n) is 8.28. The van der Waals surface area contributed by atoms with Gasteiger partial charge in [0.25, 0.3) is 0 Å². The van der Waals surface area contributed by atoms with Crippen molar-refractivity contribution in [1.29, 1.82) is 0 Å². The minimum atomic E-state index is -5.10. The number of aliphatic hydroxyl groups excluding tert-OH is 13. The molecule has 0 saturated carbocycles. The highest BCUT2D eigenvalue weighted by atomic mass is 32.3. The van der Waals surface area contributed by atoms with Gasteiger partial charge in [-0.2, -0.15) is 8.42 Å². The zero-order chi connectivity index (χ0) is 51.4. The standard InChI is InChI=1S/C36H61N3O29S/c1-9(43)37-17-23(49)29(66-35-27(53)25(51)20(46)12(4-40)62-35)13(5-41)63-33(17)59-7-15-22(48)31(19(32(55)61-15)39-11(3)45)68-34-18(38-10(2)44)24(50)30(14(6-42)64-34)67-36-28(54)26(52)21(47)16(65-36)8-60-69(56,57)58/h12-36,40-42,46-55H,4-8H2,1-3H3,(H,37,43)(H,38,44)(H,39,45)(H,56,57,58)/t12-,13-,14-,15-,16-,17-,18-,19-,20+,21+,22+,23-,24-,25+,26+,27-,28-,29-,30-,31-,32+,33-,34+,35+,36+/m1/s1. The van der Waals surface area contributed by atoms with E-state index in [2.05, 4.69) is 20.1 Å². The van der Waals surface area contributed by atoms with Crippen molar-refractivity contribution in [3.8, 4) is 0 Å². The van der Waals surface area contributed by atoms with E-state index in [1.807, 2.05) is 0 Å². The molecular weight excluding hydrogens is 970 g/mol. The van der Waals surface area contributed by atoms with Crippen LogP contribution in [0.2, 0.25) is 0 Å². The van der Waals surface area contributed by atoms with Crippen molar-refractivity contribution >= 4 is 28.1 Å². The Kier molecular flexibility index (Phi) is 20.3. The number of ether oxygens (including phenoxy) is 9. The molecule has 0 radical (unpaired) electrons. The summed E-state index contributed by atoms with van der Waals surface area (Å²) < 4.78 is 86.7. The second kappa shape index (κ2) is 24.4. The van der Waals surface area contributed by atoms with Crippen molar-refractivity contribution in [3.05, 3.63) is 0 Å². The molecule has 17 N–H and O–H groups in total. The highest BCUT2D eigenvalue weighted by Crippen LogP contribution is 2.34. The van der Waals surface area contributed by atoms with E-state index in [-0.39, 0.29) is 0 Å². The second-order valence-electron chi connectivity index (χ2n) is 16.7. The van der Waals surface area contributed by atoms with Gasteiger partial charge in [-0.1, -0.05) is 0 Å². The van der Waals surface area contributed by atoms with Gasteiger partial charge in [0, 0.05) is 20.8 Å². The van der Waals surface area contributed by atoms with Crippen molar-refractivity contribution in [3.63, 3.8) is 0 Å². The average Bonchev–Trinajstić information content (AvgIpc) is 3.27. The molecule has 32 nitrogen and oxygen atoms in total. The van der Waals surface area contributed by atoms with Gasteiger partial charge in [0.05, 0.1) is 33.0 Å². The SMILES string of the molecule is CC(=O)N[C@@H]1[C@@H](O[C@@H]2O[C@H](CO)[C@@H](O[C@@H]3O[C@H](COS(=O)(=O)O)[C@H](O)[C@H](O)[C@H]3O)[C@H](O)[C@H]2NC(C)=O)[C@@H](O)[C@@H](CO[C@@H]2O[C@H](CO)[C@@H](O[C@@H]3O[C@H](CO)[C@H](O)[C@H](O)[C@H]3O)[C@H](O)[C@H]2NC(C)=O)O[C@@H]1O. The minimum Gasteiger partial charge on any atom is -0.394 e. The lowest BCUT2D eigenvalue weighted by Gasteiger charge is -2.50. The average molecular weight is 1030 g/mol. The zero-order valence-electron chi connectivity index (χ0n) is 36.8. The molecule has 5 aliphatic heterocycles. The summed E-state index contributed by atoms with van der Waals surface area (Å²) in [6, 6.07) is -5.06. The van der Waals surface area contributed by atoms with E-state index in [1.54, 1.807) is 0 Å². The molecule has 5 saturated heterocycles. The van der Waals surface area contributed by atoms with Crippen molar-refractivity contribution < 1.29 is 141 Å². The Morgan fingerprint density at radius 3 is 1.30 bits per heavy atom. The normalized spacial score (nSPS) is 45.3. The first-order valence-electron chi connectivity index (χ1n) is 21.2. The Balaban J connectivity index is 1.35. The van der Waals surface area contributed by atoms with Gasteiger partial charge in [0.2, 0.25) is 17.7 Å². The molecule has 0 unspecified atom stereocenters. The van der Waals surface area contributed by atoms with Gasteiger partial charge in [-0.25, -0.2) is 4.18 Å². The number of aliphatic hydroxyl groups is 13. The summed E-state index contributed by atoms with van der Waals surface area (Å²) in [5, 5.41) is 146. The molecule has 0 aromatic carbocycles. The maximum Gasteiger partial charge on any atom is 0.397 e. The molecule has 5 aliphatic rings. The molecule has 0 aliphatic carbocycles. The summed E-state index contributed by atoms with van der Waals surface area (Å²) >= 11 is 0. The summed E-state index contributed by atoms with van der Waals surface area (Å²) in [5.74, 6) is -2.43. The summed E-state index contributed by atoms with van der Waals surface area (Å²) in [4.78, 5) is 37.2. The van der Waals surface area contributed by atoms with Crippen LogP contribution in [-0.2, 0) is 71.6 Å². The van der Waals surface area contributed by atoms with Gasteiger partial charge >= 0.3 is 10.4 Å². The van der Waals surface area contributed by atoms with Gasteiger partial charge < -0.3 is 125 Å². The van der Waals surface area contributed by atoms with Gasteiger partial charge in [-0.3, -0.25) is 18.9 Å². The van der Waals surface area contributed by atoms with Crippen LogP contribution in [0.4, 0.5) is 0 Å². The summed E-state index contributed by atoms with van der Waals surface area (Å²) in [6.07, 6.45) is -41.1. The van der Waals surface area contributed by atoms with Crippen molar-refractivity contribution in [1.82, 2.24) is 16.0 Å². The molecule has 5 heterocycles. The molecule has 33 heteroatoms. The number of carbonyl (C=O) groups excluding carboxylic acids is 3. The topological polar surface area (TPSA) is 497 Å². The number of rotatable bonds is 18. The Bertz CT molecular complexity index is 1810. The molecule has 400 valence electrons. The largest absolute Gasteiger partial charge is 0.397 e. The highest BCUT2D eigenvalue weighted by Gasteiger charge is 2.56. The van der Waals surface area contributed by atoms with Crippen LogP contribution >= 0.6 is 0 Å². The van der Waals surface area contributed by atoms with Crippen LogP contribution in [0, 0.1) is 0 Å². The predicted molar refractivity (Wildman–Crippen MR) is 212 cm³/mol. The molecule has 5 fully saturated rings.